The molecule has 1 aliphatic carbocycles. The molecule has 1 aromatic heterocycles. The Balaban J connectivity index is 2.09. The van der Waals surface area contributed by atoms with Gasteiger partial charge in [-0.3, -0.25) is 0 Å². The molecular formula is C10H14BrN3. The monoisotopic (exact) mass is 255 g/mol. The summed E-state index contributed by atoms with van der Waals surface area (Å²) < 4.78 is 0.932. The second-order valence-corrected chi connectivity index (χ2v) is 4.67. The fourth-order valence-corrected chi connectivity index (χ4v) is 2.15. The van der Waals surface area contributed by atoms with Crippen molar-refractivity contribution in [1.29, 1.82) is 0 Å². The van der Waals surface area contributed by atoms with Gasteiger partial charge in [0.25, 0.3) is 0 Å². The zero-order chi connectivity index (χ0) is 9.97. The Morgan fingerprint density at radius 2 is 1.86 bits per heavy atom. The van der Waals surface area contributed by atoms with Crippen LogP contribution in [0.15, 0.2) is 16.9 Å². The van der Waals surface area contributed by atoms with E-state index in [4.69, 9.17) is 0 Å². The van der Waals surface area contributed by atoms with Gasteiger partial charge in [0.2, 0.25) is 5.95 Å². The lowest BCUT2D eigenvalue weighted by molar-refractivity contribution is 0.638. The van der Waals surface area contributed by atoms with Gasteiger partial charge < -0.3 is 4.90 Å². The van der Waals surface area contributed by atoms with Crippen LogP contribution in [0.5, 0.6) is 0 Å². The highest BCUT2D eigenvalue weighted by Gasteiger charge is 2.20. The zero-order valence-electron chi connectivity index (χ0n) is 8.28. The first-order valence-electron chi connectivity index (χ1n) is 4.98. The van der Waals surface area contributed by atoms with Gasteiger partial charge in [-0.05, 0) is 28.8 Å². The van der Waals surface area contributed by atoms with Crippen molar-refractivity contribution < 1.29 is 0 Å². The topological polar surface area (TPSA) is 29.0 Å². The standard InChI is InChI=1S/C10H14BrN3/c1-14(9-4-2-3-5-9)10-12-6-8(11)7-13-10/h6-7,9H,2-5H2,1H3. The molecule has 0 spiro atoms. The number of anilines is 1. The SMILES string of the molecule is CN(c1ncc(Br)cn1)C1CCCC1. The van der Waals surface area contributed by atoms with Crippen molar-refractivity contribution in [2.24, 2.45) is 0 Å². The maximum atomic E-state index is 4.29. The summed E-state index contributed by atoms with van der Waals surface area (Å²) in [7, 11) is 2.08. The average molecular weight is 256 g/mol. The lowest BCUT2D eigenvalue weighted by Gasteiger charge is -2.23. The molecule has 1 saturated carbocycles. The van der Waals surface area contributed by atoms with E-state index < -0.39 is 0 Å². The maximum Gasteiger partial charge on any atom is 0.225 e. The predicted octanol–water partition coefficient (Wildman–Crippen LogP) is 2.62. The first-order chi connectivity index (χ1) is 6.77. The van der Waals surface area contributed by atoms with Crippen molar-refractivity contribution in [1.82, 2.24) is 9.97 Å². The first kappa shape index (κ1) is 9.90. The second-order valence-electron chi connectivity index (χ2n) is 3.75. The van der Waals surface area contributed by atoms with E-state index in [9.17, 15) is 0 Å². The Kier molecular flexibility index (Phi) is 3.01. The third-order valence-corrected chi connectivity index (χ3v) is 3.20. The Labute approximate surface area is 92.7 Å². The summed E-state index contributed by atoms with van der Waals surface area (Å²) in [5.41, 5.74) is 0. The molecule has 0 radical (unpaired) electrons. The molecule has 0 unspecified atom stereocenters. The van der Waals surface area contributed by atoms with Gasteiger partial charge in [-0.2, -0.15) is 0 Å². The Morgan fingerprint density at radius 1 is 1.29 bits per heavy atom. The quantitative estimate of drug-likeness (QED) is 0.814. The van der Waals surface area contributed by atoms with Crippen LogP contribution in [0.4, 0.5) is 5.95 Å². The van der Waals surface area contributed by atoms with Crippen molar-refractivity contribution in [2.45, 2.75) is 31.7 Å². The molecule has 0 bridgehead atoms. The van der Waals surface area contributed by atoms with Gasteiger partial charge in [-0.25, -0.2) is 9.97 Å². The van der Waals surface area contributed by atoms with E-state index in [1.54, 1.807) is 12.4 Å². The van der Waals surface area contributed by atoms with Gasteiger partial charge in [0.05, 0.1) is 4.47 Å². The molecule has 2 rings (SSSR count). The molecule has 1 aliphatic rings. The van der Waals surface area contributed by atoms with Crippen LogP contribution in [-0.2, 0) is 0 Å². The highest BCUT2D eigenvalue weighted by Crippen LogP contribution is 2.24. The highest BCUT2D eigenvalue weighted by atomic mass is 79.9. The minimum atomic E-state index is 0.635. The molecule has 0 atom stereocenters. The Morgan fingerprint density at radius 3 is 2.43 bits per heavy atom. The minimum absolute atomic E-state index is 0.635. The molecular weight excluding hydrogens is 242 g/mol. The smallest absolute Gasteiger partial charge is 0.225 e. The number of halogens is 1. The molecule has 4 heteroatoms. The van der Waals surface area contributed by atoms with Crippen molar-refractivity contribution in [2.75, 3.05) is 11.9 Å². The van der Waals surface area contributed by atoms with E-state index in [0.717, 1.165) is 10.4 Å². The van der Waals surface area contributed by atoms with Crippen LogP contribution in [0, 0.1) is 0 Å². The maximum absolute atomic E-state index is 4.29. The van der Waals surface area contributed by atoms with E-state index in [-0.39, 0.29) is 0 Å². The molecule has 14 heavy (non-hydrogen) atoms. The van der Waals surface area contributed by atoms with Gasteiger partial charge in [-0.15, -0.1) is 0 Å². The molecule has 0 amide bonds. The van der Waals surface area contributed by atoms with Crippen LogP contribution in [0.25, 0.3) is 0 Å². The first-order valence-corrected chi connectivity index (χ1v) is 5.77. The molecule has 0 aliphatic heterocycles. The van der Waals surface area contributed by atoms with Gasteiger partial charge in [-0.1, -0.05) is 12.8 Å². The zero-order valence-corrected chi connectivity index (χ0v) is 9.87. The van der Waals surface area contributed by atoms with Gasteiger partial charge >= 0.3 is 0 Å². The van der Waals surface area contributed by atoms with Crippen molar-refractivity contribution in [3.63, 3.8) is 0 Å². The Hall–Kier alpha value is -0.640. The summed E-state index contributed by atoms with van der Waals surface area (Å²) in [6, 6.07) is 0.635. The summed E-state index contributed by atoms with van der Waals surface area (Å²) in [5.74, 6) is 0.833. The fraction of sp³-hybridized carbons (Fsp3) is 0.600. The second kappa shape index (κ2) is 4.26. The highest BCUT2D eigenvalue weighted by molar-refractivity contribution is 9.10. The number of hydrogen-bond acceptors (Lipinski definition) is 3. The van der Waals surface area contributed by atoms with Gasteiger partial charge in [0, 0.05) is 25.5 Å². The third kappa shape index (κ3) is 2.05. The largest absolute Gasteiger partial charge is 0.341 e. The molecule has 0 saturated heterocycles. The molecule has 0 N–H and O–H groups in total. The molecule has 1 heterocycles. The molecule has 1 fully saturated rings. The minimum Gasteiger partial charge on any atom is -0.341 e. The van der Waals surface area contributed by atoms with Crippen LogP contribution in [0.2, 0.25) is 0 Å². The number of aromatic nitrogens is 2. The van der Waals surface area contributed by atoms with Crippen LogP contribution < -0.4 is 4.90 Å². The summed E-state index contributed by atoms with van der Waals surface area (Å²) in [5, 5.41) is 0. The van der Waals surface area contributed by atoms with Crippen LogP contribution in [-0.4, -0.2) is 23.1 Å². The van der Waals surface area contributed by atoms with E-state index in [1.165, 1.54) is 25.7 Å². The van der Waals surface area contributed by atoms with E-state index in [0.29, 0.717) is 6.04 Å². The summed E-state index contributed by atoms with van der Waals surface area (Å²) >= 11 is 3.33. The molecule has 1 aromatic rings. The lowest BCUT2D eigenvalue weighted by atomic mass is 10.2. The summed E-state index contributed by atoms with van der Waals surface area (Å²) in [6.45, 7) is 0. The van der Waals surface area contributed by atoms with Crippen LogP contribution in [0.3, 0.4) is 0 Å². The fourth-order valence-electron chi connectivity index (χ4n) is 1.94. The van der Waals surface area contributed by atoms with Crippen molar-refractivity contribution in [3.8, 4) is 0 Å². The Bertz CT molecular complexity index is 293. The van der Waals surface area contributed by atoms with Crippen molar-refractivity contribution >= 4 is 21.9 Å². The van der Waals surface area contributed by atoms with Crippen LogP contribution in [0.1, 0.15) is 25.7 Å². The predicted molar refractivity (Wildman–Crippen MR) is 60.4 cm³/mol. The van der Waals surface area contributed by atoms with E-state index in [1.807, 2.05) is 0 Å². The van der Waals surface area contributed by atoms with Crippen LogP contribution >= 0.6 is 15.9 Å². The summed E-state index contributed by atoms with van der Waals surface area (Å²) in [6.07, 6.45) is 8.82. The van der Waals surface area contributed by atoms with E-state index in [2.05, 4.69) is 37.8 Å². The average Bonchev–Trinajstić information content (AvgIpc) is 2.71. The van der Waals surface area contributed by atoms with Crippen molar-refractivity contribution in [3.05, 3.63) is 16.9 Å². The van der Waals surface area contributed by atoms with E-state index >= 15 is 0 Å². The number of nitrogens with zero attached hydrogens (tertiary/aromatic N) is 3. The number of rotatable bonds is 2. The lowest BCUT2D eigenvalue weighted by Crippen LogP contribution is -2.30. The third-order valence-electron chi connectivity index (χ3n) is 2.79. The van der Waals surface area contributed by atoms with Gasteiger partial charge in [0.1, 0.15) is 0 Å². The van der Waals surface area contributed by atoms with Gasteiger partial charge in [0.15, 0.2) is 0 Å². The summed E-state index contributed by atoms with van der Waals surface area (Å²) in [4.78, 5) is 10.8. The number of hydrogen-bond donors (Lipinski definition) is 0. The normalized spacial score (nSPS) is 17.3. The molecule has 76 valence electrons. The molecule has 0 aromatic carbocycles. The molecule has 3 nitrogen and oxygen atoms in total.